The Morgan fingerprint density at radius 1 is 1.46 bits per heavy atom. The third-order valence-corrected chi connectivity index (χ3v) is 3.33. The predicted octanol–water partition coefficient (Wildman–Crippen LogP) is 0.941. The van der Waals surface area contributed by atoms with Gasteiger partial charge in [-0.15, -0.1) is 0 Å². The molecule has 0 atom stereocenters. The monoisotopic (exact) mass is 269 g/mol. The van der Waals surface area contributed by atoms with E-state index in [0.29, 0.717) is 0 Å². The number of primary sulfonamides is 1. The van der Waals surface area contributed by atoms with Crippen LogP contribution >= 0.6 is 15.9 Å². The molecule has 0 heterocycles. The lowest BCUT2D eigenvalue weighted by atomic mass is 10.3. The fourth-order valence-electron chi connectivity index (χ4n) is 0.793. The highest BCUT2D eigenvalue weighted by Gasteiger charge is 2.20. The Morgan fingerprint density at radius 3 is 2.38 bits per heavy atom. The summed E-state index contributed by atoms with van der Waals surface area (Å²) in [5, 5.41) is 13.8. The van der Waals surface area contributed by atoms with E-state index in [4.69, 9.17) is 10.2 Å². The molecule has 0 saturated carbocycles. The zero-order valence-electron chi connectivity index (χ0n) is 6.16. The lowest BCUT2D eigenvalue weighted by Crippen LogP contribution is -2.13. The van der Waals surface area contributed by atoms with E-state index in [-0.39, 0.29) is 4.47 Å². The lowest BCUT2D eigenvalue weighted by Gasteiger charge is -2.04. The molecule has 0 spiro atoms. The Morgan fingerprint density at radius 2 is 2.00 bits per heavy atom. The highest BCUT2D eigenvalue weighted by molar-refractivity contribution is 9.10. The molecule has 72 valence electrons. The quantitative estimate of drug-likeness (QED) is 0.796. The Hall–Kier alpha value is -0.660. The van der Waals surface area contributed by atoms with E-state index in [1.807, 2.05) is 0 Å². The molecule has 0 saturated heterocycles. The first-order valence-electron chi connectivity index (χ1n) is 3.04. The van der Waals surface area contributed by atoms with Crippen LogP contribution in [0, 0.1) is 5.82 Å². The molecule has 0 amide bonds. The fraction of sp³-hybridized carbons (Fsp3) is 0. The van der Waals surface area contributed by atoms with Gasteiger partial charge in [-0.25, -0.2) is 17.9 Å². The van der Waals surface area contributed by atoms with Gasteiger partial charge in [-0.1, -0.05) is 0 Å². The van der Waals surface area contributed by atoms with Crippen molar-refractivity contribution in [1.29, 1.82) is 0 Å². The van der Waals surface area contributed by atoms with Gasteiger partial charge in [0, 0.05) is 0 Å². The zero-order valence-corrected chi connectivity index (χ0v) is 8.56. The van der Waals surface area contributed by atoms with Crippen molar-refractivity contribution in [2.75, 3.05) is 0 Å². The third-order valence-electron chi connectivity index (χ3n) is 1.31. The third kappa shape index (κ3) is 1.98. The molecule has 0 aliphatic rings. The predicted molar refractivity (Wildman–Crippen MR) is 47.1 cm³/mol. The smallest absolute Gasteiger partial charge is 0.242 e. The van der Waals surface area contributed by atoms with Crippen LogP contribution in [0.1, 0.15) is 0 Å². The second-order valence-corrected chi connectivity index (χ2v) is 4.55. The van der Waals surface area contributed by atoms with Gasteiger partial charge in [-0.05, 0) is 28.1 Å². The van der Waals surface area contributed by atoms with Crippen molar-refractivity contribution >= 4 is 26.0 Å². The first-order valence-corrected chi connectivity index (χ1v) is 5.37. The summed E-state index contributed by atoms with van der Waals surface area (Å²) in [5.74, 6) is -1.39. The molecular weight excluding hydrogens is 265 g/mol. The summed E-state index contributed by atoms with van der Waals surface area (Å²) >= 11 is 2.67. The summed E-state index contributed by atoms with van der Waals surface area (Å²) in [7, 11) is -4.12. The van der Waals surface area contributed by atoms with Crippen molar-refractivity contribution in [2.24, 2.45) is 5.14 Å². The van der Waals surface area contributed by atoms with Crippen molar-refractivity contribution in [3.63, 3.8) is 0 Å². The Kier molecular flexibility index (Phi) is 2.60. The molecular formula is C6H5BrFNO3S. The van der Waals surface area contributed by atoms with Crippen molar-refractivity contribution < 1.29 is 17.9 Å². The molecule has 0 radical (unpaired) electrons. The number of halogens is 2. The molecule has 1 aromatic carbocycles. The second kappa shape index (κ2) is 3.24. The summed E-state index contributed by atoms with van der Waals surface area (Å²) in [4.78, 5) is -0.646. The molecule has 13 heavy (non-hydrogen) atoms. The van der Waals surface area contributed by atoms with Gasteiger partial charge in [0.1, 0.15) is 16.5 Å². The van der Waals surface area contributed by atoms with E-state index in [1.54, 1.807) is 0 Å². The van der Waals surface area contributed by atoms with Crippen molar-refractivity contribution in [3.05, 3.63) is 22.4 Å². The molecule has 0 aliphatic heterocycles. The SMILES string of the molecule is NS(=O)(=O)c1c(O)ccc(F)c1Br. The van der Waals surface area contributed by atoms with Crippen LogP contribution < -0.4 is 5.14 Å². The van der Waals surface area contributed by atoms with Gasteiger partial charge in [-0.2, -0.15) is 0 Å². The van der Waals surface area contributed by atoms with Crippen LogP contribution in [0.15, 0.2) is 21.5 Å². The van der Waals surface area contributed by atoms with E-state index in [1.165, 1.54) is 0 Å². The Balaban J connectivity index is 3.62. The van der Waals surface area contributed by atoms with Crippen LogP contribution in [0.5, 0.6) is 5.75 Å². The van der Waals surface area contributed by atoms with Crippen LogP contribution in [0.25, 0.3) is 0 Å². The van der Waals surface area contributed by atoms with Crippen LogP contribution in [-0.2, 0) is 10.0 Å². The number of benzene rings is 1. The maximum atomic E-state index is 12.8. The summed E-state index contributed by atoms with van der Waals surface area (Å²) in [5.41, 5.74) is 0. The number of hydrogen-bond acceptors (Lipinski definition) is 3. The van der Waals surface area contributed by atoms with Gasteiger partial charge >= 0.3 is 0 Å². The van der Waals surface area contributed by atoms with E-state index in [2.05, 4.69) is 15.9 Å². The number of sulfonamides is 1. The minimum atomic E-state index is -4.12. The molecule has 0 aliphatic carbocycles. The van der Waals surface area contributed by atoms with Crippen molar-refractivity contribution in [2.45, 2.75) is 4.90 Å². The number of nitrogens with two attached hydrogens (primary N) is 1. The van der Waals surface area contributed by atoms with Gasteiger partial charge in [0.15, 0.2) is 0 Å². The summed E-state index contributed by atoms with van der Waals surface area (Å²) in [6.07, 6.45) is 0. The maximum absolute atomic E-state index is 12.8. The number of aromatic hydroxyl groups is 1. The standard InChI is InChI=1S/C6H5BrFNO3S/c7-5-3(8)1-2-4(10)6(5)13(9,11)12/h1-2,10H,(H2,9,11,12). The molecule has 0 unspecified atom stereocenters. The van der Waals surface area contributed by atoms with E-state index < -0.39 is 26.5 Å². The Labute approximate surface area is 82.4 Å². The molecule has 0 fully saturated rings. The summed E-state index contributed by atoms with van der Waals surface area (Å²) in [6, 6.07) is 1.84. The first kappa shape index (κ1) is 10.4. The highest BCUT2D eigenvalue weighted by atomic mass is 79.9. The molecule has 1 rings (SSSR count). The zero-order chi connectivity index (χ0) is 10.2. The molecule has 1 aromatic rings. The van der Waals surface area contributed by atoms with Gasteiger partial charge in [0.2, 0.25) is 10.0 Å². The topological polar surface area (TPSA) is 80.4 Å². The van der Waals surface area contributed by atoms with Crippen molar-refractivity contribution in [3.8, 4) is 5.75 Å². The average Bonchev–Trinajstić information content (AvgIpc) is 1.95. The minimum absolute atomic E-state index is 0.366. The summed E-state index contributed by atoms with van der Waals surface area (Å²) in [6.45, 7) is 0. The largest absolute Gasteiger partial charge is 0.506 e. The van der Waals surface area contributed by atoms with E-state index in [0.717, 1.165) is 12.1 Å². The molecule has 0 aromatic heterocycles. The summed E-state index contributed by atoms with van der Waals surface area (Å²) < 4.78 is 34.1. The maximum Gasteiger partial charge on any atom is 0.242 e. The van der Waals surface area contributed by atoms with Crippen LogP contribution in [0.4, 0.5) is 4.39 Å². The van der Waals surface area contributed by atoms with E-state index >= 15 is 0 Å². The fourth-order valence-corrected chi connectivity index (χ4v) is 2.51. The van der Waals surface area contributed by atoms with Crippen molar-refractivity contribution in [1.82, 2.24) is 0 Å². The van der Waals surface area contributed by atoms with Gasteiger partial charge in [0.05, 0.1) is 4.47 Å². The number of phenolic OH excluding ortho intramolecular Hbond substituents is 1. The first-order chi connectivity index (χ1) is 5.84. The van der Waals surface area contributed by atoms with Crippen LogP contribution in [0.3, 0.4) is 0 Å². The number of phenols is 1. The molecule has 3 N–H and O–H groups in total. The highest BCUT2D eigenvalue weighted by Crippen LogP contribution is 2.31. The molecule has 0 bridgehead atoms. The van der Waals surface area contributed by atoms with E-state index in [9.17, 15) is 12.8 Å². The average molecular weight is 270 g/mol. The Bertz CT molecular complexity index is 445. The normalized spacial score (nSPS) is 11.6. The molecule has 7 heteroatoms. The van der Waals surface area contributed by atoms with Crippen LogP contribution in [0.2, 0.25) is 0 Å². The van der Waals surface area contributed by atoms with Gasteiger partial charge in [-0.3, -0.25) is 0 Å². The molecule has 4 nitrogen and oxygen atoms in total. The second-order valence-electron chi connectivity index (χ2n) is 2.25. The number of hydrogen-bond donors (Lipinski definition) is 2. The lowest BCUT2D eigenvalue weighted by molar-refractivity contribution is 0.454. The van der Waals surface area contributed by atoms with Crippen LogP contribution in [-0.4, -0.2) is 13.5 Å². The number of rotatable bonds is 1. The minimum Gasteiger partial charge on any atom is -0.506 e. The van der Waals surface area contributed by atoms with Gasteiger partial charge < -0.3 is 5.11 Å². The van der Waals surface area contributed by atoms with Gasteiger partial charge in [0.25, 0.3) is 0 Å².